The van der Waals surface area contributed by atoms with Gasteiger partial charge >= 0.3 is 0 Å². The monoisotopic (exact) mass is 187 g/mol. The van der Waals surface area contributed by atoms with E-state index in [0.29, 0.717) is 12.0 Å². The highest BCUT2D eigenvalue weighted by molar-refractivity contribution is 4.83. The Labute approximate surface area is 80.5 Å². The maximum Gasteiger partial charge on any atom is 0.0700 e. The van der Waals surface area contributed by atoms with E-state index in [-0.39, 0.29) is 18.8 Å². The Morgan fingerprint density at radius 3 is 2.62 bits per heavy atom. The van der Waals surface area contributed by atoms with Gasteiger partial charge in [0.15, 0.2) is 0 Å². The first-order chi connectivity index (χ1) is 6.15. The Morgan fingerprint density at radius 2 is 2.23 bits per heavy atom. The summed E-state index contributed by atoms with van der Waals surface area (Å²) in [5.74, 6) is 0.470. The minimum absolute atomic E-state index is 0.203. The van der Waals surface area contributed by atoms with E-state index in [4.69, 9.17) is 9.84 Å². The SMILES string of the molecule is CC(C)C(CO)NC1CCOC1C. The highest BCUT2D eigenvalue weighted by Crippen LogP contribution is 2.14. The van der Waals surface area contributed by atoms with Gasteiger partial charge < -0.3 is 15.2 Å². The quantitative estimate of drug-likeness (QED) is 0.683. The molecular formula is C10H21NO2. The lowest BCUT2D eigenvalue weighted by molar-refractivity contribution is 0.104. The van der Waals surface area contributed by atoms with Gasteiger partial charge in [0.05, 0.1) is 12.7 Å². The third-order valence-corrected chi connectivity index (χ3v) is 2.81. The zero-order chi connectivity index (χ0) is 9.84. The molecule has 3 atom stereocenters. The molecule has 78 valence electrons. The fourth-order valence-electron chi connectivity index (χ4n) is 1.68. The van der Waals surface area contributed by atoms with Crippen LogP contribution in [-0.2, 0) is 4.74 Å². The summed E-state index contributed by atoms with van der Waals surface area (Å²) in [7, 11) is 0. The minimum Gasteiger partial charge on any atom is -0.395 e. The van der Waals surface area contributed by atoms with Crippen molar-refractivity contribution in [3.63, 3.8) is 0 Å². The van der Waals surface area contributed by atoms with Crippen LogP contribution in [0.15, 0.2) is 0 Å². The van der Waals surface area contributed by atoms with E-state index < -0.39 is 0 Å². The molecule has 1 saturated heterocycles. The highest BCUT2D eigenvalue weighted by Gasteiger charge is 2.26. The number of hydrogen-bond donors (Lipinski definition) is 2. The minimum atomic E-state index is 0.203. The summed E-state index contributed by atoms with van der Waals surface area (Å²) in [6, 6.07) is 0.619. The molecule has 1 rings (SSSR count). The Kier molecular flexibility index (Phi) is 4.16. The van der Waals surface area contributed by atoms with Crippen LogP contribution in [0.3, 0.4) is 0 Å². The molecule has 0 aromatic rings. The van der Waals surface area contributed by atoms with Gasteiger partial charge in [0.1, 0.15) is 0 Å². The van der Waals surface area contributed by atoms with Crippen LogP contribution in [0.1, 0.15) is 27.2 Å². The topological polar surface area (TPSA) is 41.5 Å². The molecule has 0 saturated carbocycles. The molecule has 3 heteroatoms. The Balaban J connectivity index is 2.36. The largest absolute Gasteiger partial charge is 0.395 e. The zero-order valence-corrected chi connectivity index (χ0v) is 8.79. The second-order valence-electron chi connectivity index (χ2n) is 4.17. The van der Waals surface area contributed by atoms with Gasteiger partial charge in [-0.15, -0.1) is 0 Å². The number of ether oxygens (including phenoxy) is 1. The van der Waals surface area contributed by atoms with Crippen molar-refractivity contribution in [1.82, 2.24) is 5.32 Å². The van der Waals surface area contributed by atoms with Crippen LogP contribution in [0.5, 0.6) is 0 Å². The van der Waals surface area contributed by atoms with Gasteiger partial charge in [-0.2, -0.15) is 0 Å². The second kappa shape index (κ2) is 4.94. The summed E-state index contributed by atoms with van der Waals surface area (Å²) in [6.07, 6.45) is 1.34. The maximum atomic E-state index is 9.14. The van der Waals surface area contributed by atoms with Crippen LogP contribution in [0.2, 0.25) is 0 Å². The zero-order valence-electron chi connectivity index (χ0n) is 8.79. The van der Waals surface area contributed by atoms with Crippen molar-refractivity contribution in [2.45, 2.75) is 45.4 Å². The molecule has 0 radical (unpaired) electrons. The highest BCUT2D eigenvalue weighted by atomic mass is 16.5. The van der Waals surface area contributed by atoms with Crippen molar-refractivity contribution >= 4 is 0 Å². The van der Waals surface area contributed by atoms with E-state index >= 15 is 0 Å². The number of aliphatic hydroxyl groups excluding tert-OH is 1. The predicted molar refractivity (Wildman–Crippen MR) is 52.7 cm³/mol. The molecule has 1 aliphatic rings. The fraction of sp³-hybridized carbons (Fsp3) is 1.00. The number of nitrogens with one attached hydrogen (secondary N) is 1. The molecule has 1 aliphatic heterocycles. The lowest BCUT2D eigenvalue weighted by atomic mass is 10.0. The fourth-order valence-corrected chi connectivity index (χ4v) is 1.68. The molecule has 0 aliphatic carbocycles. The summed E-state index contributed by atoms with van der Waals surface area (Å²) < 4.78 is 5.45. The predicted octanol–water partition coefficient (Wildman–Crippen LogP) is 0.770. The van der Waals surface area contributed by atoms with Crippen molar-refractivity contribution in [2.24, 2.45) is 5.92 Å². The maximum absolute atomic E-state index is 9.14. The van der Waals surface area contributed by atoms with Crippen LogP contribution in [-0.4, -0.2) is 36.5 Å². The van der Waals surface area contributed by atoms with E-state index in [9.17, 15) is 0 Å². The molecule has 3 unspecified atom stereocenters. The summed E-state index contributed by atoms with van der Waals surface area (Å²) >= 11 is 0. The Hall–Kier alpha value is -0.120. The van der Waals surface area contributed by atoms with Crippen molar-refractivity contribution in [2.75, 3.05) is 13.2 Å². The molecule has 0 bridgehead atoms. The smallest absolute Gasteiger partial charge is 0.0700 e. The van der Waals surface area contributed by atoms with Crippen LogP contribution in [0.4, 0.5) is 0 Å². The first kappa shape index (κ1) is 11.0. The van der Waals surface area contributed by atoms with Crippen LogP contribution < -0.4 is 5.32 Å². The second-order valence-corrected chi connectivity index (χ2v) is 4.17. The summed E-state index contributed by atoms with van der Waals surface area (Å²) in [5, 5.41) is 12.6. The van der Waals surface area contributed by atoms with Gasteiger partial charge in [-0.3, -0.25) is 0 Å². The number of hydrogen-bond acceptors (Lipinski definition) is 3. The lowest BCUT2D eigenvalue weighted by Gasteiger charge is -2.25. The van der Waals surface area contributed by atoms with Crippen LogP contribution in [0, 0.1) is 5.92 Å². The lowest BCUT2D eigenvalue weighted by Crippen LogP contribution is -2.46. The van der Waals surface area contributed by atoms with Crippen molar-refractivity contribution in [1.29, 1.82) is 0 Å². The number of aliphatic hydroxyl groups is 1. The number of rotatable bonds is 4. The van der Waals surface area contributed by atoms with Gasteiger partial charge in [-0.1, -0.05) is 13.8 Å². The Morgan fingerprint density at radius 1 is 1.54 bits per heavy atom. The van der Waals surface area contributed by atoms with Crippen LogP contribution >= 0.6 is 0 Å². The van der Waals surface area contributed by atoms with Crippen molar-refractivity contribution in [3.8, 4) is 0 Å². The van der Waals surface area contributed by atoms with E-state index in [1.807, 2.05) is 0 Å². The van der Waals surface area contributed by atoms with E-state index in [1.54, 1.807) is 0 Å². The van der Waals surface area contributed by atoms with E-state index in [0.717, 1.165) is 13.0 Å². The van der Waals surface area contributed by atoms with Crippen LogP contribution in [0.25, 0.3) is 0 Å². The molecule has 0 aromatic carbocycles. The third kappa shape index (κ3) is 2.93. The standard InChI is InChI=1S/C10H21NO2/c1-7(2)10(6-12)11-9-4-5-13-8(9)3/h7-12H,4-6H2,1-3H3. The molecule has 0 amide bonds. The summed E-state index contributed by atoms with van der Waals surface area (Å²) in [6.45, 7) is 7.37. The van der Waals surface area contributed by atoms with Gasteiger partial charge in [0.25, 0.3) is 0 Å². The van der Waals surface area contributed by atoms with E-state index in [2.05, 4.69) is 26.1 Å². The van der Waals surface area contributed by atoms with Crippen molar-refractivity contribution in [3.05, 3.63) is 0 Å². The van der Waals surface area contributed by atoms with Gasteiger partial charge in [-0.05, 0) is 19.3 Å². The molecule has 1 heterocycles. The molecular weight excluding hydrogens is 166 g/mol. The molecule has 1 fully saturated rings. The van der Waals surface area contributed by atoms with Gasteiger partial charge in [0.2, 0.25) is 0 Å². The van der Waals surface area contributed by atoms with E-state index in [1.165, 1.54) is 0 Å². The Bertz CT molecular complexity index is 150. The van der Waals surface area contributed by atoms with Crippen molar-refractivity contribution < 1.29 is 9.84 Å². The normalized spacial score (nSPS) is 31.2. The van der Waals surface area contributed by atoms with Gasteiger partial charge in [-0.25, -0.2) is 0 Å². The molecule has 2 N–H and O–H groups in total. The third-order valence-electron chi connectivity index (χ3n) is 2.81. The average molecular weight is 187 g/mol. The molecule has 0 spiro atoms. The molecule has 0 aromatic heterocycles. The molecule has 3 nitrogen and oxygen atoms in total. The first-order valence-corrected chi connectivity index (χ1v) is 5.13. The first-order valence-electron chi connectivity index (χ1n) is 5.13. The average Bonchev–Trinajstić information content (AvgIpc) is 2.46. The summed E-state index contributed by atoms with van der Waals surface area (Å²) in [5.41, 5.74) is 0. The van der Waals surface area contributed by atoms with Gasteiger partial charge in [0, 0.05) is 18.7 Å². The molecule has 13 heavy (non-hydrogen) atoms. The summed E-state index contributed by atoms with van der Waals surface area (Å²) in [4.78, 5) is 0.